The molecule has 20 heteroatoms. The van der Waals surface area contributed by atoms with Gasteiger partial charge >= 0.3 is 23.5 Å². The quantitative estimate of drug-likeness (QED) is 0.129. The molecule has 0 aliphatic heterocycles. The molecule has 0 aromatic heterocycles. The van der Waals surface area contributed by atoms with Gasteiger partial charge in [-0.2, -0.15) is 0 Å². The predicted octanol–water partition coefficient (Wildman–Crippen LogP) is -4.11. The van der Waals surface area contributed by atoms with E-state index >= 15 is 0 Å². The van der Waals surface area contributed by atoms with Gasteiger partial charge in [0.2, 0.25) is 0 Å². The van der Waals surface area contributed by atoms with E-state index in [0.717, 1.165) is 0 Å². The number of phosphoric acid groups is 3. The summed E-state index contributed by atoms with van der Waals surface area (Å²) in [4.78, 5) is 45.1. The van der Waals surface area contributed by atoms with Gasteiger partial charge in [-0.25, -0.2) is 13.7 Å². The summed E-state index contributed by atoms with van der Waals surface area (Å²) in [6.45, 7) is -1.81. The zero-order valence-electron chi connectivity index (χ0n) is 14.1. The Morgan fingerprint density at radius 3 is 1.55 bits per heavy atom. The molecule has 1 saturated carbocycles. The SMILES string of the molecule is O=P(O)(O)O[C@H]1[C@H](O)[C@@H](O)[C@H](OP(=O)(O)OC[C@H](O)CO)[C@H](O)[C@@H]1OP(=O)(O)O. The van der Waals surface area contributed by atoms with Crippen LogP contribution in [0, 0.1) is 0 Å². The normalized spacial score (nSPS) is 34.6. The van der Waals surface area contributed by atoms with E-state index in [4.69, 9.17) is 29.8 Å². The van der Waals surface area contributed by atoms with Crippen molar-refractivity contribution in [2.75, 3.05) is 13.2 Å². The number of aliphatic hydroxyl groups is 5. The number of hydrogen-bond donors (Lipinski definition) is 10. The molecule has 8 atom stereocenters. The average Bonchev–Trinajstić information content (AvgIpc) is 2.56. The van der Waals surface area contributed by atoms with Gasteiger partial charge in [-0.1, -0.05) is 0 Å². The lowest BCUT2D eigenvalue weighted by molar-refractivity contribution is -0.213. The first-order valence-electron chi connectivity index (χ1n) is 7.44. The molecule has 1 rings (SSSR count). The molecule has 10 N–H and O–H groups in total. The van der Waals surface area contributed by atoms with Crippen LogP contribution in [0.15, 0.2) is 0 Å². The highest BCUT2D eigenvalue weighted by molar-refractivity contribution is 7.47. The minimum atomic E-state index is -5.49. The topological polar surface area (TPSA) is 290 Å². The van der Waals surface area contributed by atoms with Crippen LogP contribution >= 0.6 is 23.5 Å². The fourth-order valence-electron chi connectivity index (χ4n) is 2.27. The second-order valence-corrected chi connectivity index (χ2v) is 9.55. The van der Waals surface area contributed by atoms with Crippen molar-refractivity contribution in [1.82, 2.24) is 0 Å². The van der Waals surface area contributed by atoms with Crippen LogP contribution in [-0.2, 0) is 31.8 Å². The van der Waals surface area contributed by atoms with E-state index in [1.165, 1.54) is 0 Å². The predicted molar refractivity (Wildman–Crippen MR) is 85.6 cm³/mol. The summed E-state index contributed by atoms with van der Waals surface area (Å²) in [5, 5.41) is 47.8. The highest BCUT2D eigenvalue weighted by Gasteiger charge is 2.56. The summed E-state index contributed by atoms with van der Waals surface area (Å²) in [5.74, 6) is 0. The summed E-state index contributed by atoms with van der Waals surface area (Å²) in [7, 11) is -16.2. The van der Waals surface area contributed by atoms with Crippen molar-refractivity contribution in [3.63, 3.8) is 0 Å². The Morgan fingerprint density at radius 2 is 1.14 bits per heavy atom. The van der Waals surface area contributed by atoms with E-state index in [9.17, 15) is 33.9 Å². The van der Waals surface area contributed by atoms with E-state index in [2.05, 4.69) is 18.1 Å². The molecule has 1 unspecified atom stereocenters. The smallest absolute Gasteiger partial charge is 0.394 e. The number of rotatable bonds is 10. The van der Waals surface area contributed by atoms with Gasteiger partial charge in [0, 0.05) is 0 Å². The van der Waals surface area contributed by atoms with Crippen molar-refractivity contribution >= 4 is 23.5 Å². The first-order valence-corrected chi connectivity index (χ1v) is 12.0. The molecule has 0 heterocycles. The van der Waals surface area contributed by atoms with Gasteiger partial charge in [0.1, 0.15) is 42.7 Å². The molecule has 0 saturated heterocycles. The van der Waals surface area contributed by atoms with Crippen molar-refractivity contribution in [1.29, 1.82) is 0 Å². The summed E-state index contributed by atoms with van der Waals surface area (Å²) in [6.07, 6.45) is -16.2. The molecule has 17 nitrogen and oxygen atoms in total. The number of aliphatic hydroxyl groups excluding tert-OH is 5. The minimum absolute atomic E-state index is 0.868. The zero-order valence-corrected chi connectivity index (χ0v) is 16.8. The first-order chi connectivity index (χ1) is 13.0. The molecule has 0 amide bonds. The number of hydrogen-bond acceptors (Lipinski definition) is 12. The van der Waals surface area contributed by atoms with Crippen LogP contribution in [0.3, 0.4) is 0 Å². The Morgan fingerprint density at radius 1 is 0.724 bits per heavy atom. The molecule has 0 aromatic carbocycles. The maximum absolute atomic E-state index is 11.9. The van der Waals surface area contributed by atoms with Crippen LogP contribution in [0.5, 0.6) is 0 Å². The molecule has 1 aliphatic rings. The highest BCUT2D eigenvalue weighted by Crippen LogP contribution is 2.51. The molecule has 29 heavy (non-hydrogen) atoms. The fourth-order valence-corrected chi connectivity index (χ4v) is 4.37. The minimum Gasteiger partial charge on any atom is -0.394 e. The monoisotopic (exact) mass is 494 g/mol. The lowest BCUT2D eigenvalue weighted by Crippen LogP contribution is -2.65. The standard InChI is InChI=1S/C9H21O17P3/c10-1-3(11)2-23-29(21,22)26-7-4(12)5(13)8(24-27(15,16)17)9(6(7)14)25-28(18,19)20/h3-14H,1-2H2,(H,21,22)(H2,15,16,17)(H2,18,19,20)/t3-,4-,5-,6+,7+,8+,9+/m1/s1. The number of phosphoric ester groups is 3. The second-order valence-electron chi connectivity index (χ2n) is 5.76. The van der Waals surface area contributed by atoms with Gasteiger partial charge < -0.3 is 50.0 Å². The van der Waals surface area contributed by atoms with Gasteiger partial charge in [-0.15, -0.1) is 0 Å². The molecule has 0 aromatic rings. The van der Waals surface area contributed by atoms with E-state index in [-0.39, 0.29) is 0 Å². The third kappa shape index (κ3) is 8.65. The Hall–Kier alpha value is 0.130. The largest absolute Gasteiger partial charge is 0.472 e. The molecule has 0 bridgehead atoms. The summed E-state index contributed by atoms with van der Waals surface area (Å²) in [6, 6.07) is 0. The van der Waals surface area contributed by atoms with Crippen LogP contribution in [0.25, 0.3) is 0 Å². The van der Waals surface area contributed by atoms with Gasteiger partial charge in [-0.3, -0.25) is 18.1 Å². The summed E-state index contributed by atoms with van der Waals surface area (Å²) < 4.78 is 51.0. The van der Waals surface area contributed by atoms with E-state index in [1.807, 2.05) is 0 Å². The third-order valence-electron chi connectivity index (χ3n) is 3.43. The first kappa shape index (κ1) is 27.2. The van der Waals surface area contributed by atoms with Crippen molar-refractivity contribution < 1.29 is 81.8 Å². The van der Waals surface area contributed by atoms with Gasteiger partial charge in [0.25, 0.3) is 0 Å². The molecule has 1 fully saturated rings. The van der Waals surface area contributed by atoms with Crippen LogP contribution in [0.1, 0.15) is 0 Å². The summed E-state index contributed by atoms with van der Waals surface area (Å²) in [5.41, 5.74) is 0. The lowest BCUT2D eigenvalue weighted by Gasteiger charge is -2.44. The Labute approximate surface area is 162 Å². The van der Waals surface area contributed by atoms with Crippen molar-refractivity contribution in [3.8, 4) is 0 Å². The van der Waals surface area contributed by atoms with Crippen molar-refractivity contribution in [2.45, 2.75) is 42.7 Å². The molecular weight excluding hydrogens is 473 g/mol. The molecule has 0 spiro atoms. The molecular formula is C9H21O17P3. The van der Waals surface area contributed by atoms with E-state index in [1.54, 1.807) is 0 Å². The average molecular weight is 494 g/mol. The fraction of sp³-hybridized carbons (Fsp3) is 1.00. The Kier molecular flexibility index (Phi) is 9.52. The van der Waals surface area contributed by atoms with Crippen LogP contribution < -0.4 is 0 Å². The maximum Gasteiger partial charge on any atom is 0.472 e. The summed E-state index contributed by atoms with van der Waals surface area (Å²) >= 11 is 0. The van der Waals surface area contributed by atoms with Crippen LogP contribution in [-0.4, -0.2) is 106 Å². The second kappa shape index (κ2) is 10.2. The van der Waals surface area contributed by atoms with Gasteiger partial charge in [-0.05, 0) is 0 Å². The Bertz CT molecular complexity index is 673. The highest BCUT2D eigenvalue weighted by atomic mass is 31.2. The Balaban J connectivity index is 3.13. The zero-order chi connectivity index (χ0) is 22.8. The molecule has 174 valence electrons. The van der Waals surface area contributed by atoms with E-state index in [0.29, 0.717) is 0 Å². The van der Waals surface area contributed by atoms with Gasteiger partial charge in [0.05, 0.1) is 13.2 Å². The molecule has 1 aliphatic carbocycles. The lowest BCUT2D eigenvalue weighted by atomic mass is 9.85. The van der Waals surface area contributed by atoms with Crippen molar-refractivity contribution in [2.24, 2.45) is 0 Å². The van der Waals surface area contributed by atoms with Gasteiger partial charge in [0.15, 0.2) is 0 Å². The van der Waals surface area contributed by atoms with Crippen LogP contribution in [0.4, 0.5) is 0 Å². The van der Waals surface area contributed by atoms with Crippen molar-refractivity contribution in [3.05, 3.63) is 0 Å². The van der Waals surface area contributed by atoms with E-state index < -0.39 is 79.4 Å². The third-order valence-corrected chi connectivity index (χ3v) is 5.46. The van der Waals surface area contributed by atoms with Crippen LogP contribution in [0.2, 0.25) is 0 Å². The maximum atomic E-state index is 11.9. The molecule has 0 radical (unpaired) electrons.